The fraction of sp³-hybridized carbons (Fsp3) is 0.143. The SMILES string of the molecule is Cc1cncc(CSc2ccccc2C(=O)O)c1. The van der Waals surface area contributed by atoms with Gasteiger partial charge in [-0.3, -0.25) is 4.98 Å². The molecule has 4 heteroatoms. The number of aryl methyl sites for hydroxylation is 1. The van der Waals surface area contributed by atoms with Gasteiger partial charge in [-0.2, -0.15) is 0 Å². The molecule has 0 aliphatic rings. The first kappa shape index (κ1) is 12.6. The summed E-state index contributed by atoms with van der Waals surface area (Å²) >= 11 is 1.52. The summed E-state index contributed by atoms with van der Waals surface area (Å²) in [4.78, 5) is 16.0. The molecule has 0 saturated carbocycles. The monoisotopic (exact) mass is 259 g/mol. The molecule has 0 radical (unpaired) electrons. The van der Waals surface area contributed by atoms with Crippen LogP contribution >= 0.6 is 11.8 Å². The van der Waals surface area contributed by atoms with Gasteiger partial charge in [-0.05, 0) is 30.2 Å². The fourth-order valence-electron chi connectivity index (χ4n) is 1.63. The first-order valence-electron chi connectivity index (χ1n) is 5.52. The van der Waals surface area contributed by atoms with Crippen LogP contribution in [0.2, 0.25) is 0 Å². The Morgan fingerprint density at radius 1 is 1.33 bits per heavy atom. The first-order valence-corrected chi connectivity index (χ1v) is 6.51. The highest BCUT2D eigenvalue weighted by molar-refractivity contribution is 7.98. The summed E-state index contributed by atoms with van der Waals surface area (Å²) in [5.41, 5.74) is 2.56. The van der Waals surface area contributed by atoms with Crippen LogP contribution in [-0.4, -0.2) is 16.1 Å². The van der Waals surface area contributed by atoms with Gasteiger partial charge >= 0.3 is 5.97 Å². The number of hydrogen-bond acceptors (Lipinski definition) is 3. The van der Waals surface area contributed by atoms with E-state index in [0.29, 0.717) is 5.56 Å². The minimum Gasteiger partial charge on any atom is -0.478 e. The Balaban J connectivity index is 2.13. The fourth-order valence-corrected chi connectivity index (χ4v) is 2.59. The molecule has 0 atom stereocenters. The zero-order valence-electron chi connectivity index (χ0n) is 9.96. The average molecular weight is 259 g/mol. The average Bonchev–Trinajstić information content (AvgIpc) is 2.37. The van der Waals surface area contributed by atoms with Gasteiger partial charge in [0.2, 0.25) is 0 Å². The second-order valence-corrected chi connectivity index (χ2v) is 4.98. The van der Waals surface area contributed by atoms with Crippen LogP contribution in [0.25, 0.3) is 0 Å². The van der Waals surface area contributed by atoms with E-state index in [1.54, 1.807) is 18.3 Å². The highest BCUT2D eigenvalue weighted by Gasteiger charge is 2.09. The lowest BCUT2D eigenvalue weighted by molar-refractivity contribution is 0.0693. The molecule has 0 saturated heterocycles. The topological polar surface area (TPSA) is 50.2 Å². The quantitative estimate of drug-likeness (QED) is 0.855. The minimum absolute atomic E-state index is 0.350. The minimum atomic E-state index is -0.888. The number of aromatic carboxylic acids is 1. The van der Waals surface area contributed by atoms with E-state index in [9.17, 15) is 4.79 Å². The molecule has 0 bridgehead atoms. The molecule has 1 N–H and O–H groups in total. The molecule has 0 unspecified atom stereocenters. The molecule has 0 fully saturated rings. The summed E-state index contributed by atoms with van der Waals surface area (Å²) in [5, 5.41) is 9.08. The van der Waals surface area contributed by atoms with Crippen LogP contribution in [0.3, 0.4) is 0 Å². The number of carboxylic acids is 1. The largest absolute Gasteiger partial charge is 0.478 e. The van der Waals surface area contributed by atoms with Gasteiger partial charge in [0, 0.05) is 23.0 Å². The van der Waals surface area contributed by atoms with Crippen LogP contribution in [0.15, 0.2) is 47.6 Å². The molecule has 18 heavy (non-hydrogen) atoms. The Kier molecular flexibility index (Phi) is 3.99. The van der Waals surface area contributed by atoms with E-state index >= 15 is 0 Å². The molecule has 1 aromatic heterocycles. The van der Waals surface area contributed by atoms with Crippen molar-refractivity contribution in [3.05, 3.63) is 59.4 Å². The number of benzene rings is 1. The van der Waals surface area contributed by atoms with Gasteiger partial charge in [0.05, 0.1) is 5.56 Å². The first-order chi connectivity index (χ1) is 8.66. The maximum Gasteiger partial charge on any atom is 0.336 e. The number of carbonyl (C=O) groups is 1. The van der Waals surface area contributed by atoms with Crippen LogP contribution in [0.4, 0.5) is 0 Å². The number of hydrogen-bond donors (Lipinski definition) is 1. The predicted molar refractivity (Wildman–Crippen MR) is 71.9 cm³/mol. The predicted octanol–water partition coefficient (Wildman–Crippen LogP) is 3.38. The van der Waals surface area contributed by atoms with E-state index in [1.807, 2.05) is 25.3 Å². The number of thioether (sulfide) groups is 1. The smallest absolute Gasteiger partial charge is 0.336 e. The van der Waals surface area contributed by atoms with Crippen LogP contribution in [-0.2, 0) is 5.75 Å². The zero-order chi connectivity index (χ0) is 13.0. The van der Waals surface area contributed by atoms with Crippen molar-refractivity contribution in [2.24, 2.45) is 0 Å². The third kappa shape index (κ3) is 3.11. The lowest BCUT2D eigenvalue weighted by Crippen LogP contribution is -1.98. The summed E-state index contributed by atoms with van der Waals surface area (Å²) in [6.07, 6.45) is 3.61. The van der Waals surface area contributed by atoms with Gasteiger partial charge in [0.25, 0.3) is 0 Å². The van der Waals surface area contributed by atoms with E-state index in [-0.39, 0.29) is 0 Å². The Morgan fingerprint density at radius 2 is 2.11 bits per heavy atom. The summed E-state index contributed by atoms with van der Waals surface area (Å²) < 4.78 is 0. The zero-order valence-corrected chi connectivity index (χ0v) is 10.8. The van der Waals surface area contributed by atoms with Crippen molar-refractivity contribution in [3.63, 3.8) is 0 Å². The van der Waals surface area contributed by atoms with Gasteiger partial charge < -0.3 is 5.11 Å². The molecule has 0 spiro atoms. The molecule has 2 aromatic rings. The van der Waals surface area contributed by atoms with Crippen molar-refractivity contribution in [2.45, 2.75) is 17.6 Å². The van der Waals surface area contributed by atoms with Crippen molar-refractivity contribution in [3.8, 4) is 0 Å². The third-order valence-electron chi connectivity index (χ3n) is 2.44. The van der Waals surface area contributed by atoms with E-state index < -0.39 is 5.97 Å². The molecule has 3 nitrogen and oxygen atoms in total. The molecule has 2 rings (SSSR count). The van der Waals surface area contributed by atoms with Crippen LogP contribution in [0, 0.1) is 6.92 Å². The second-order valence-electron chi connectivity index (χ2n) is 3.96. The van der Waals surface area contributed by atoms with Gasteiger partial charge in [-0.1, -0.05) is 18.2 Å². The van der Waals surface area contributed by atoms with Gasteiger partial charge in [0.15, 0.2) is 0 Å². The van der Waals surface area contributed by atoms with E-state index in [1.165, 1.54) is 11.8 Å². The van der Waals surface area contributed by atoms with Crippen molar-refractivity contribution >= 4 is 17.7 Å². The number of aromatic nitrogens is 1. The molecular weight excluding hydrogens is 246 g/mol. The standard InChI is InChI=1S/C14H13NO2S/c1-10-6-11(8-15-7-10)9-18-13-5-3-2-4-12(13)14(16)17/h2-8H,9H2,1H3,(H,16,17). The van der Waals surface area contributed by atoms with Crippen molar-refractivity contribution in [1.82, 2.24) is 4.98 Å². The molecule has 0 amide bonds. The van der Waals surface area contributed by atoms with Gasteiger partial charge in [-0.15, -0.1) is 11.8 Å². The molecule has 0 aliphatic heterocycles. The van der Waals surface area contributed by atoms with Crippen LogP contribution in [0.1, 0.15) is 21.5 Å². The van der Waals surface area contributed by atoms with E-state index in [2.05, 4.69) is 11.1 Å². The molecule has 0 aliphatic carbocycles. The van der Waals surface area contributed by atoms with Gasteiger partial charge in [0.1, 0.15) is 0 Å². The Morgan fingerprint density at radius 3 is 2.83 bits per heavy atom. The molecule has 92 valence electrons. The third-order valence-corrected chi connectivity index (χ3v) is 3.59. The Hall–Kier alpha value is -1.81. The Labute approximate surface area is 110 Å². The highest BCUT2D eigenvalue weighted by Crippen LogP contribution is 2.26. The normalized spacial score (nSPS) is 10.3. The summed E-state index contributed by atoms with van der Waals surface area (Å²) in [5.74, 6) is -0.167. The van der Waals surface area contributed by atoms with Gasteiger partial charge in [-0.25, -0.2) is 4.79 Å². The number of carboxylic acid groups (broad SMARTS) is 1. The lowest BCUT2D eigenvalue weighted by atomic mass is 10.2. The van der Waals surface area contributed by atoms with Crippen LogP contribution < -0.4 is 0 Å². The van der Waals surface area contributed by atoms with E-state index in [0.717, 1.165) is 21.8 Å². The maximum atomic E-state index is 11.1. The molecular formula is C14H13NO2S. The number of pyridine rings is 1. The number of rotatable bonds is 4. The number of nitrogens with zero attached hydrogens (tertiary/aromatic N) is 1. The summed E-state index contributed by atoms with van der Waals surface area (Å²) in [6.45, 7) is 1.99. The van der Waals surface area contributed by atoms with E-state index in [4.69, 9.17) is 5.11 Å². The Bertz CT molecular complexity index is 569. The summed E-state index contributed by atoms with van der Waals surface area (Å²) in [6, 6.07) is 9.10. The lowest BCUT2D eigenvalue weighted by Gasteiger charge is -2.05. The maximum absolute atomic E-state index is 11.1. The van der Waals surface area contributed by atoms with Crippen molar-refractivity contribution < 1.29 is 9.90 Å². The van der Waals surface area contributed by atoms with Crippen LogP contribution in [0.5, 0.6) is 0 Å². The highest BCUT2D eigenvalue weighted by atomic mass is 32.2. The van der Waals surface area contributed by atoms with Crippen molar-refractivity contribution in [2.75, 3.05) is 0 Å². The molecule has 1 aromatic carbocycles. The molecule has 1 heterocycles. The second kappa shape index (κ2) is 5.69. The van der Waals surface area contributed by atoms with Crippen molar-refractivity contribution in [1.29, 1.82) is 0 Å². The summed E-state index contributed by atoms with van der Waals surface area (Å²) in [7, 11) is 0.